The van der Waals surface area contributed by atoms with Crippen molar-refractivity contribution in [2.45, 2.75) is 97.5 Å². The van der Waals surface area contributed by atoms with Crippen molar-refractivity contribution in [2.24, 2.45) is 17.3 Å². The number of alkyl carbamates (subject to hydrolysis) is 1. The third kappa shape index (κ3) is 6.74. The van der Waals surface area contributed by atoms with Crippen molar-refractivity contribution >= 4 is 39.9 Å². The molecular formula is C45H55N7O7. The van der Waals surface area contributed by atoms with Gasteiger partial charge in [0.25, 0.3) is 0 Å². The number of methoxy groups -OCH3 is 2. The maximum atomic E-state index is 14.0. The fourth-order valence-corrected chi connectivity index (χ4v) is 9.84. The van der Waals surface area contributed by atoms with Gasteiger partial charge in [-0.2, -0.15) is 0 Å². The summed E-state index contributed by atoms with van der Waals surface area (Å²) in [6, 6.07) is 13.6. The number of aromatic nitrogens is 4. The number of carbonyl (C=O) groups is 3. The molecule has 2 fully saturated rings. The maximum absolute atomic E-state index is 14.0. The molecule has 0 radical (unpaired) electrons. The van der Waals surface area contributed by atoms with Gasteiger partial charge < -0.3 is 39.5 Å². The summed E-state index contributed by atoms with van der Waals surface area (Å²) in [5, 5.41) is 15.1. The van der Waals surface area contributed by atoms with Crippen molar-refractivity contribution in [3.05, 3.63) is 65.9 Å². The lowest BCUT2D eigenvalue weighted by molar-refractivity contribution is -0.137. The van der Waals surface area contributed by atoms with E-state index in [0.717, 1.165) is 74.8 Å². The van der Waals surface area contributed by atoms with Crippen LogP contribution in [0.15, 0.2) is 48.7 Å². The molecule has 4 N–H and O–H groups in total. The second-order valence-electron chi connectivity index (χ2n) is 17.7. The molecule has 59 heavy (non-hydrogen) atoms. The highest BCUT2D eigenvalue weighted by Gasteiger charge is 2.58. The summed E-state index contributed by atoms with van der Waals surface area (Å²) >= 11 is 0. The minimum Gasteiger partial charge on any atom is -0.488 e. The van der Waals surface area contributed by atoms with E-state index < -0.39 is 29.2 Å². The molecule has 0 unspecified atom stereocenters. The number of likely N-dealkylation sites (tertiary alicyclic amines) is 2. The number of benzene rings is 3. The van der Waals surface area contributed by atoms with Crippen LogP contribution in [0.1, 0.15) is 90.5 Å². The van der Waals surface area contributed by atoms with Gasteiger partial charge in [0.15, 0.2) is 0 Å². The van der Waals surface area contributed by atoms with E-state index in [4.69, 9.17) is 24.2 Å². The number of hydrogen-bond acceptors (Lipinski definition) is 8. The first-order valence-corrected chi connectivity index (χ1v) is 20.6. The van der Waals surface area contributed by atoms with Crippen LogP contribution in [0.4, 0.5) is 9.59 Å². The lowest BCUT2D eigenvalue weighted by Crippen LogP contribution is -2.53. The quantitative estimate of drug-likeness (QED) is 0.114. The predicted octanol–water partition coefficient (Wildman–Crippen LogP) is 8.38. The average Bonchev–Trinajstić information content (AvgIpc) is 4.03. The molecule has 0 saturated carbocycles. The molecule has 5 aromatic rings. The lowest BCUT2D eigenvalue weighted by atomic mass is 9.70. The monoisotopic (exact) mass is 805 g/mol. The maximum Gasteiger partial charge on any atom is 0.408 e. The zero-order chi connectivity index (χ0) is 42.0. The molecule has 0 aliphatic carbocycles. The van der Waals surface area contributed by atoms with Gasteiger partial charge in [0.2, 0.25) is 5.91 Å². The molecule has 2 aromatic heterocycles. The summed E-state index contributed by atoms with van der Waals surface area (Å²) in [7, 11) is 2.96. The number of hydrogen-bond donors (Lipinski definition) is 4. The number of ether oxygens (including phenoxy) is 3. The van der Waals surface area contributed by atoms with Crippen LogP contribution in [0.25, 0.3) is 44.2 Å². The Hall–Kier alpha value is -5.63. The molecule has 0 bridgehead atoms. The summed E-state index contributed by atoms with van der Waals surface area (Å²) < 4.78 is 16.8. The number of rotatable bonds is 9. The highest BCUT2D eigenvalue weighted by molar-refractivity contribution is 6.07. The smallest absolute Gasteiger partial charge is 0.408 e. The predicted molar refractivity (Wildman–Crippen MR) is 224 cm³/mol. The number of nitrogens with zero attached hydrogens (tertiary/aromatic N) is 4. The standard InChI is InChI=1S/C45H55N7O7/c1-9-24(2)37(50-42(54)58-8)40(53)52-25(3)10-15-35(52)39-46-20-34(47-39)28-11-13-30-29(16-28)23-59-36-18-31-27(17-32(30)36)12-14-33-38(31)49-41(48-33)45(44(4,5)6)19-26(22-57-7)21-51(45)43(55)56/h11-14,16-18,20,24-26,35,37H,9-10,15,19,21-23H2,1-8H3,(H,46,47)(H,48,49)(H,50,54)(H,55,56)/t24-,25-,26-,35-,37-,45+/m0/s1. The minimum atomic E-state index is -0.968. The summed E-state index contributed by atoms with van der Waals surface area (Å²) in [5.41, 5.74) is 5.17. The fraction of sp³-hybridized carbons (Fsp3) is 0.489. The van der Waals surface area contributed by atoms with Gasteiger partial charge in [-0.05, 0) is 83.9 Å². The molecule has 3 aromatic carbocycles. The van der Waals surface area contributed by atoms with Gasteiger partial charge in [-0.3, -0.25) is 9.69 Å². The molecule has 312 valence electrons. The Bertz CT molecular complexity index is 2430. The fourth-order valence-electron chi connectivity index (χ4n) is 9.84. The van der Waals surface area contributed by atoms with Crippen LogP contribution in [0.5, 0.6) is 5.75 Å². The van der Waals surface area contributed by atoms with Crippen LogP contribution < -0.4 is 10.1 Å². The topological polar surface area (TPSA) is 175 Å². The summed E-state index contributed by atoms with van der Waals surface area (Å²) in [6.45, 7) is 13.4. The molecule has 3 aliphatic rings. The summed E-state index contributed by atoms with van der Waals surface area (Å²) in [6.07, 6.45) is 3.13. The van der Waals surface area contributed by atoms with Gasteiger partial charge in [-0.1, -0.05) is 59.2 Å². The SMILES string of the molecule is CC[C@H](C)[C@H](NC(=O)OC)C(=O)N1[C@@H](C)CC[C@H]1c1ncc(-c2ccc3c(c2)COc2cc4c(ccc5[nH]c([C@@]6(C(C)(C)C)C[C@H](COC)CN6C(=O)O)nc54)cc2-3)[nH]1. The number of imidazole rings is 2. The molecule has 0 spiro atoms. The van der Waals surface area contributed by atoms with Gasteiger partial charge >= 0.3 is 12.2 Å². The zero-order valence-corrected chi connectivity index (χ0v) is 35.1. The van der Waals surface area contributed by atoms with E-state index in [1.807, 2.05) is 37.9 Å². The van der Waals surface area contributed by atoms with Crippen molar-refractivity contribution in [1.82, 2.24) is 35.1 Å². The van der Waals surface area contributed by atoms with E-state index in [2.05, 4.69) is 72.5 Å². The summed E-state index contributed by atoms with van der Waals surface area (Å²) in [5.74, 6) is 1.94. The molecule has 3 amide bonds. The molecule has 5 heterocycles. The molecule has 3 aliphatic heterocycles. The van der Waals surface area contributed by atoms with Gasteiger partial charge in [-0.15, -0.1) is 0 Å². The first kappa shape index (κ1) is 40.2. The van der Waals surface area contributed by atoms with Crippen LogP contribution in [-0.2, 0) is 26.4 Å². The lowest BCUT2D eigenvalue weighted by Gasteiger charge is -2.45. The van der Waals surface area contributed by atoms with Crippen LogP contribution >= 0.6 is 0 Å². The number of amides is 3. The van der Waals surface area contributed by atoms with E-state index in [1.165, 1.54) is 7.11 Å². The first-order valence-electron chi connectivity index (χ1n) is 20.6. The number of carboxylic acid groups (broad SMARTS) is 1. The first-order chi connectivity index (χ1) is 28.2. The molecule has 6 atom stereocenters. The minimum absolute atomic E-state index is 0.0150. The van der Waals surface area contributed by atoms with Crippen molar-refractivity contribution in [2.75, 3.05) is 27.4 Å². The van der Waals surface area contributed by atoms with Crippen molar-refractivity contribution in [1.29, 1.82) is 0 Å². The number of H-pyrrole nitrogens is 2. The Kier molecular flexibility index (Phi) is 10.3. The van der Waals surface area contributed by atoms with Crippen molar-refractivity contribution in [3.63, 3.8) is 0 Å². The Morgan fingerprint density at radius 1 is 1.08 bits per heavy atom. The van der Waals surface area contributed by atoms with Crippen LogP contribution in [-0.4, -0.2) is 92.4 Å². The Morgan fingerprint density at radius 3 is 2.59 bits per heavy atom. The van der Waals surface area contributed by atoms with Crippen molar-refractivity contribution in [3.8, 4) is 28.1 Å². The molecule has 2 saturated heterocycles. The second kappa shape index (κ2) is 15.2. The normalized spacial score (nSPS) is 22.5. The van der Waals surface area contributed by atoms with E-state index in [9.17, 15) is 19.5 Å². The largest absolute Gasteiger partial charge is 0.488 e. The number of aromatic amines is 2. The van der Waals surface area contributed by atoms with Crippen LogP contribution in [0.3, 0.4) is 0 Å². The Labute approximate surface area is 344 Å². The Morgan fingerprint density at radius 2 is 1.88 bits per heavy atom. The number of fused-ring (bicyclic) bond motifs is 6. The van der Waals surface area contributed by atoms with Gasteiger partial charge in [0, 0.05) is 36.6 Å². The van der Waals surface area contributed by atoms with E-state index in [-0.39, 0.29) is 29.8 Å². The van der Waals surface area contributed by atoms with E-state index in [1.54, 1.807) is 12.0 Å². The zero-order valence-electron chi connectivity index (χ0n) is 35.1. The highest BCUT2D eigenvalue weighted by Crippen LogP contribution is 2.53. The van der Waals surface area contributed by atoms with Gasteiger partial charge in [-0.25, -0.2) is 19.6 Å². The van der Waals surface area contributed by atoms with E-state index >= 15 is 0 Å². The summed E-state index contributed by atoms with van der Waals surface area (Å²) in [4.78, 5) is 59.4. The number of carbonyl (C=O) groups excluding carboxylic acids is 2. The van der Waals surface area contributed by atoms with Gasteiger partial charge in [0.05, 0.1) is 42.7 Å². The van der Waals surface area contributed by atoms with Crippen LogP contribution in [0, 0.1) is 17.3 Å². The number of nitrogens with one attached hydrogen (secondary N) is 3. The molecule has 14 nitrogen and oxygen atoms in total. The third-order valence-corrected chi connectivity index (χ3v) is 13.2. The van der Waals surface area contributed by atoms with E-state index in [0.29, 0.717) is 37.8 Å². The van der Waals surface area contributed by atoms with Gasteiger partial charge in [0.1, 0.15) is 35.6 Å². The second-order valence-corrected chi connectivity index (χ2v) is 17.7. The molecule has 8 rings (SSSR count). The van der Waals surface area contributed by atoms with Crippen molar-refractivity contribution < 1.29 is 33.7 Å². The Balaban J connectivity index is 1.09. The molecular weight excluding hydrogens is 751 g/mol. The highest BCUT2D eigenvalue weighted by atomic mass is 16.5. The molecule has 14 heteroatoms. The third-order valence-electron chi connectivity index (χ3n) is 13.2. The average molecular weight is 806 g/mol. The van der Waals surface area contributed by atoms with Crippen LogP contribution in [0.2, 0.25) is 0 Å².